The molecule has 0 aliphatic heterocycles. The van der Waals surface area contributed by atoms with Gasteiger partial charge in [0.05, 0.1) is 19.8 Å². The predicted molar refractivity (Wildman–Crippen MR) is 95.6 cm³/mol. The number of ether oxygens (including phenoxy) is 3. The molecule has 0 spiro atoms. The van der Waals surface area contributed by atoms with Crippen molar-refractivity contribution in [3.8, 4) is 0 Å². The van der Waals surface area contributed by atoms with Crippen molar-refractivity contribution in [2.45, 2.75) is 0 Å². The minimum Gasteiger partial charge on any atom is -0.460 e. The van der Waals surface area contributed by atoms with Crippen molar-refractivity contribution in [3.05, 3.63) is 38.0 Å². The minimum absolute atomic E-state index is 0.0876. The summed E-state index contributed by atoms with van der Waals surface area (Å²) >= 11 is 5.19. The fraction of sp³-hybridized carbons (Fsp3) is 0.400. The van der Waals surface area contributed by atoms with Crippen molar-refractivity contribution in [1.82, 2.24) is 0 Å². The summed E-state index contributed by atoms with van der Waals surface area (Å²) in [5.41, 5.74) is 0. The van der Waals surface area contributed by atoms with Crippen LogP contribution in [0, 0.1) is 0 Å². The molecule has 0 aromatic rings. The van der Waals surface area contributed by atoms with Crippen molar-refractivity contribution < 1.29 is 42.2 Å². The van der Waals surface area contributed by atoms with Crippen molar-refractivity contribution in [2.75, 3.05) is 39.6 Å². The zero-order valence-electron chi connectivity index (χ0n) is 14.1. The molecule has 0 saturated carbocycles. The SMILES string of the molecule is C=CC(=O)OCCOP(=S)(OCCOC(=O)C=C)OCCOC(=O)C=C. The Morgan fingerprint density at radius 2 is 0.923 bits per heavy atom. The van der Waals surface area contributed by atoms with Crippen LogP contribution in [-0.2, 0) is 54.0 Å². The maximum absolute atomic E-state index is 11.0. The first-order valence-corrected chi connectivity index (χ1v) is 9.83. The van der Waals surface area contributed by atoms with Crippen LogP contribution in [0.3, 0.4) is 0 Å². The highest BCUT2D eigenvalue weighted by Crippen LogP contribution is 2.49. The van der Waals surface area contributed by atoms with Crippen LogP contribution in [0.5, 0.6) is 0 Å². The normalized spacial score (nSPS) is 10.5. The Morgan fingerprint density at radius 3 is 1.15 bits per heavy atom. The van der Waals surface area contributed by atoms with Gasteiger partial charge in [-0.3, -0.25) is 0 Å². The first-order valence-electron chi connectivity index (χ1n) is 7.28. The molecule has 0 N–H and O–H groups in total. The Hall–Kier alpha value is -1.84. The summed E-state index contributed by atoms with van der Waals surface area (Å²) in [4.78, 5) is 32.9. The minimum atomic E-state index is -3.24. The third kappa shape index (κ3) is 12.5. The van der Waals surface area contributed by atoms with E-state index in [4.69, 9.17) is 39.6 Å². The van der Waals surface area contributed by atoms with E-state index in [1.165, 1.54) is 0 Å². The van der Waals surface area contributed by atoms with Crippen LogP contribution in [0.15, 0.2) is 38.0 Å². The van der Waals surface area contributed by atoms with Crippen molar-refractivity contribution in [2.24, 2.45) is 0 Å². The molecule has 0 aromatic carbocycles. The summed E-state index contributed by atoms with van der Waals surface area (Å²) in [5.74, 6) is -1.84. The molecule has 0 amide bonds. The van der Waals surface area contributed by atoms with Crippen LogP contribution in [-0.4, -0.2) is 57.5 Å². The van der Waals surface area contributed by atoms with Gasteiger partial charge in [0.15, 0.2) is 0 Å². The topological polar surface area (TPSA) is 107 Å². The molecule has 11 heteroatoms. The summed E-state index contributed by atoms with van der Waals surface area (Å²) in [6.07, 6.45) is 3.01. The standard InChI is InChI=1S/C15H21O9PS/c1-4-13(16)19-7-10-22-25(26,23-11-8-20-14(17)5-2)24-12-9-21-15(18)6-3/h4-6H,1-3,7-12H2. The van der Waals surface area contributed by atoms with Gasteiger partial charge in [-0.1, -0.05) is 19.7 Å². The van der Waals surface area contributed by atoms with Gasteiger partial charge in [-0.05, 0) is 11.8 Å². The van der Waals surface area contributed by atoms with Gasteiger partial charge >= 0.3 is 24.6 Å². The molecule has 0 aliphatic carbocycles. The van der Waals surface area contributed by atoms with Gasteiger partial charge in [0.25, 0.3) is 0 Å². The molecule has 0 unspecified atom stereocenters. The van der Waals surface area contributed by atoms with Crippen LogP contribution >= 0.6 is 6.72 Å². The van der Waals surface area contributed by atoms with E-state index >= 15 is 0 Å². The fourth-order valence-corrected chi connectivity index (χ4v) is 2.95. The lowest BCUT2D eigenvalue weighted by Crippen LogP contribution is -2.14. The Kier molecular flexibility index (Phi) is 13.3. The molecule has 0 fully saturated rings. The van der Waals surface area contributed by atoms with Crippen molar-refractivity contribution in [1.29, 1.82) is 0 Å². The third-order valence-electron chi connectivity index (χ3n) is 2.23. The van der Waals surface area contributed by atoms with E-state index < -0.39 is 24.6 Å². The fourth-order valence-electron chi connectivity index (χ4n) is 1.16. The molecule has 0 radical (unpaired) electrons. The van der Waals surface area contributed by atoms with Gasteiger partial charge in [-0.15, -0.1) is 0 Å². The highest BCUT2D eigenvalue weighted by molar-refractivity contribution is 8.07. The Morgan fingerprint density at radius 1 is 0.654 bits per heavy atom. The monoisotopic (exact) mass is 408 g/mol. The van der Waals surface area contributed by atoms with Crippen LogP contribution in [0.2, 0.25) is 0 Å². The summed E-state index contributed by atoms with van der Waals surface area (Å²) in [6, 6.07) is 0. The van der Waals surface area contributed by atoms with Gasteiger partial charge < -0.3 is 27.8 Å². The average molecular weight is 408 g/mol. The molecule has 0 aliphatic rings. The van der Waals surface area contributed by atoms with E-state index in [0.29, 0.717) is 0 Å². The molecule has 26 heavy (non-hydrogen) atoms. The zero-order chi connectivity index (χ0) is 19.8. The summed E-state index contributed by atoms with van der Waals surface area (Å²) < 4.78 is 30.3. The second-order valence-electron chi connectivity index (χ2n) is 4.06. The Labute approximate surface area is 156 Å². The highest BCUT2D eigenvalue weighted by Gasteiger charge is 2.21. The van der Waals surface area contributed by atoms with Crippen molar-refractivity contribution in [3.63, 3.8) is 0 Å². The number of esters is 3. The Balaban J connectivity index is 4.41. The van der Waals surface area contributed by atoms with E-state index in [-0.39, 0.29) is 39.6 Å². The lowest BCUT2D eigenvalue weighted by Gasteiger charge is -2.21. The zero-order valence-corrected chi connectivity index (χ0v) is 15.8. The van der Waals surface area contributed by atoms with Gasteiger partial charge in [0.1, 0.15) is 19.8 Å². The van der Waals surface area contributed by atoms with Crippen LogP contribution < -0.4 is 0 Å². The summed E-state index contributed by atoms with van der Waals surface area (Å²) in [5, 5.41) is 0. The largest absolute Gasteiger partial charge is 0.460 e. The smallest absolute Gasteiger partial charge is 0.330 e. The molecule has 0 bridgehead atoms. The number of carbonyl (C=O) groups excluding carboxylic acids is 3. The summed E-state index contributed by atoms with van der Waals surface area (Å²) in [7, 11) is 0. The second-order valence-corrected chi connectivity index (χ2v) is 7.07. The maximum atomic E-state index is 11.0. The molecule has 0 atom stereocenters. The van der Waals surface area contributed by atoms with Crippen LogP contribution in [0.25, 0.3) is 0 Å². The van der Waals surface area contributed by atoms with E-state index in [1.807, 2.05) is 0 Å². The van der Waals surface area contributed by atoms with Gasteiger partial charge in [0, 0.05) is 18.2 Å². The summed E-state index contributed by atoms with van der Waals surface area (Å²) in [6.45, 7) is 5.99. The van der Waals surface area contributed by atoms with Gasteiger partial charge in [-0.25, -0.2) is 14.4 Å². The number of rotatable bonds is 15. The van der Waals surface area contributed by atoms with Gasteiger partial charge in [0.2, 0.25) is 0 Å². The molecule has 9 nitrogen and oxygen atoms in total. The van der Waals surface area contributed by atoms with E-state index in [1.54, 1.807) is 0 Å². The van der Waals surface area contributed by atoms with Gasteiger partial charge in [-0.2, -0.15) is 0 Å². The van der Waals surface area contributed by atoms with E-state index in [2.05, 4.69) is 19.7 Å². The number of hydrogen-bond donors (Lipinski definition) is 0. The quantitative estimate of drug-likeness (QED) is 0.130. The Bertz CT molecular complexity index is 485. The highest BCUT2D eigenvalue weighted by atomic mass is 32.5. The average Bonchev–Trinajstić information content (AvgIpc) is 2.65. The lowest BCUT2D eigenvalue weighted by molar-refractivity contribution is -0.139. The maximum Gasteiger partial charge on any atom is 0.330 e. The molecular formula is C15H21O9PS. The third-order valence-corrected chi connectivity index (χ3v) is 4.68. The van der Waals surface area contributed by atoms with E-state index in [9.17, 15) is 14.4 Å². The molecule has 0 saturated heterocycles. The molecule has 0 heterocycles. The first kappa shape index (κ1) is 24.2. The first-order chi connectivity index (χ1) is 12.4. The molecule has 0 aromatic heterocycles. The lowest BCUT2D eigenvalue weighted by atomic mass is 10.6. The predicted octanol–water partition coefficient (Wildman–Crippen LogP) is 1.45. The molecule has 146 valence electrons. The van der Waals surface area contributed by atoms with Crippen molar-refractivity contribution >= 4 is 36.4 Å². The molecule has 0 rings (SSSR count). The van der Waals surface area contributed by atoms with Crippen LogP contribution in [0.4, 0.5) is 0 Å². The second kappa shape index (κ2) is 14.3. The van der Waals surface area contributed by atoms with E-state index in [0.717, 1.165) is 18.2 Å². The van der Waals surface area contributed by atoms with Crippen LogP contribution in [0.1, 0.15) is 0 Å². The number of hydrogen-bond acceptors (Lipinski definition) is 10. The number of carbonyl (C=O) groups is 3. The molecular weight excluding hydrogens is 387 g/mol.